The van der Waals surface area contributed by atoms with E-state index in [0.29, 0.717) is 22.2 Å². The normalized spacial score (nSPS) is 18.2. The lowest BCUT2D eigenvalue weighted by Crippen LogP contribution is -2.66. The zero-order chi connectivity index (χ0) is 33.4. The number of nitrogen functional groups attached to an aromatic ring is 1. The molecule has 12 heteroatoms. The predicted molar refractivity (Wildman–Crippen MR) is 182 cm³/mol. The molecule has 4 aromatic carbocycles. The number of amides is 4. The molecule has 6 rings (SSSR count). The van der Waals surface area contributed by atoms with Crippen LogP contribution in [0, 0.1) is 0 Å². The van der Waals surface area contributed by atoms with Crippen LogP contribution in [0.1, 0.15) is 30.5 Å². The molecule has 2 aliphatic rings. The second-order valence-corrected chi connectivity index (χ2v) is 13.0. The Morgan fingerprint density at radius 1 is 1.00 bits per heavy atom. The molecule has 2 saturated heterocycles. The molecular formula is C35H36Cl2N6O4. The van der Waals surface area contributed by atoms with Crippen LogP contribution >= 0.6 is 23.2 Å². The van der Waals surface area contributed by atoms with E-state index >= 15 is 0 Å². The third-order valence-electron chi connectivity index (χ3n) is 8.73. The molecule has 244 valence electrons. The van der Waals surface area contributed by atoms with Gasteiger partial charge in [0.2, 0.25) is 11.8 Å². The minimum Gasteiger partial charge on any atom is -0.506 e. The van der Waals surface area contributed by atoms with E-state index in [1.807, 2.05) is 56.3 Å². The van der Waals surface area contributed by atoms with E-state index in [1.165, 1.54) is 6.07 Å². The molecular weight excluding hydrogens is 639 g/mol. The summed E-state index contributed by atoms with van der Waals surface area (Å²) in [5.74, 6) is -0.508. The van der Waals surface area contributed by atoms with E-state index in [2.05, 4.69) is 5.32 Å². The average Bonchev–Trinajstić information content (AvgIpc) is 3.36. The van der Waals surface area contributed by atoms with E-state index in [-0.39, 0.29) is 61.4 Å². The maximum atomic E-state index is 14.3. The number of halogens is 2. The number of benzene rings is 4. The quantitative estimate of drug-likeness (QED) is 0.170. The largest absolute Gasteiger partial charge is 0.506 e. The summed E-state index contributed by atoms with van der Waals surface area (Å²) in [6.07, 6.45) is -0.413. The van der Waals surface area contributed by atoms with Gasteiger partial charge < -0.3 is 26.0 Å². The number of hydrogen-bond acceptors (Lipinski definition) is 6. The summed E-state index contributed by atoms with van der Waals surface area (Å²) in [6, 6.07) is 22.4. The van der Waals surface area contributed by atoms with E-state index in [4.69, 9.17) is 28.9 Å². The number of phenolic OH excluding ortho intramolecular Hbond substituents is 1. The third-order valence-corrected chi connectivity index (χ3v) is 9.47. The van der Waals surface area contributed by atoms with Crippen molar-refractivity contribution >= 4 is 57.5 Å². The molecule has 4 amide bonds. The highest BCUT2D eigenvalue weighted by atomic mass is 35.5. The monoisotopic (exact) mass is 674 g/mol. The van der Waals surface area contributed by atoms with Crippen LogP contribution in [0.5, 0.6) is 5.75 Å². The maximum Gasteiger partial charge on any atom is 0.332 e. The number of piperazine rings is 1. The predicted octanol–water partition coefficient (Wildman–Crippen LogP) is 5.39. The number of hydrogen-bond donors (Lipinski definition) is 3. The molecule has 0 bridgehead atoms. The Morgan fingerprint density at radius 3 is 2.49 bits per heavy atom. The van der Waals surface area contributed by atoms with Gasteiger partial charge in [-0.3, -0.25) is 14.6 Å². The fourth-order valence-electron chi connectivity index (χ4n) is 6.51. The van der Waals surface area contributed by atoms with Crippen LogP contribution in [0.4, 0.5) is 10.5 Å². The Hall–Kier alpha value is -4.51. The van der Waals surface area contributed by atoms with Crippen molar-refractivity contribution in [1.82, 2.24) is 25.1 Å². The lowest BCUT2D eigenvalue weighted by molar-refractivity contribution is -0.158. The fraction of sp³-hybridized carbons (Fsp3) is 0.286. The lowest BCUT2D eigenvalue weighted by Gasteiger charge is -2.47. The van der Waals surface area contributed by atoms with Crippen molar-refractivity contribution in [2.75, 3.05) is 18.8 Å². The van der Waals surface area contributed by atoms with Gasteiger partial charge in [0.15, 0.2) is 0 Å². The molecule has 0 radical (unpaired) electrons. The van der Waals surface area contributed by atoms with Gasteiger partial charge in [0, 0.05) is 25.6 Å². The molecule has 2 atom stereocenters. The molecule has 0 unspecified atom stereocenters. The topological polar surface area (TPSA) is 122 Å². The first kappa shape index (κ1) is 32.4. The van der Waals surface area contributed by atoms with Crippen molar-refractivity contribution in [3.63, 3.8) is 0 Å². The molecule has 2 aliphatic heterocycles. The van der Waals surface area contributed by atoms with Crippen LogP contribution in [0.15, 0.2) is 78.9 Å². The van der Waals surface area contributed by atoms with Gasteiger partial charge in [0.25, 0.3) is 0 Å². The summed E-state index contributed by atoms with van der Waals surface area (Å²) >= 11 is 12.2. The number of fused-ring (bicyclic) bond motifs is 2. The Kier molecular flexibility index (Phi) is 9.18. The summed E-state index contributed by atoms with van der Waals surface area (Å²) in [5.41, 5.74) is 8.64. The number of nitrogens with zero attached hydrogens (tertiary/aromatic N) is 4. The van der Waals surface area contributed by atoms with Gasteiger partial charge in [-0.15, -0.1) is 0 Å². The van der Waals surface area contributed by atoms with Crippen molar-refractivity contribution < 1.29 is 19.5 Å². The zero-order valence-corrected chi connectivity index (χ0v) is 27.6. The number of anilines is 1. The molecule has 47 heavy (non-hydrogen) atoms. The molecule has 0 saturated carbocycles. The first-order valence-electron chi connectivity index (χ1n) is 15.4. The van der Waals surface area contributed by atoms with Gasteiger partial charge in [-0.25, -0.2) is 4.79 Å². The van der Waals surface area contributed by atoms with Gasteiger partial charge in [-0.2, -0.15) is 5.01 Å². The summed E-state index contributed by atoms with van der Waals surface area (Å²) < 4.78 is 0. The van der Waals surface area contributed by atoms with E-state index in [1.54, 1.807) is 50.1 Å². The van der Waals surface area contributed by atoms with E-state index in [9.17, 15) is 19.5 Å². The Bertz CT molecular complexity index is 1850. The number of hydrazine groups is 1. The number of nitrogens with two attached hydrogens (primary N) is 1. The molecule has 0 spiro atoms. The SMILES string of the molecule is CC(C)N(C(=O)NCc1ccc(Cl)c(Cl)c1)N1CC(=O)N2[C@@H](Cc3ccc(O)c(N)c3)C(=O)N(Cc3cccc4ccccc34)C[C@@H]21. The summed E-state index contributed by atoms with van der Waals surface area (Å²) in [4.78, 5) is 45.2. The molecule has 2 fully saturated rings. The highest BCUT2D eigenvalue weighted by molar-refractivity contribution is 6.42. The number of urea groups is 1. The van der Waals surface area contributed by atoms with Crippen LogP contribution in [0.25, 0.3) is 10.8 Å². The number of nitrogens with one attached hydrogen (secondary N) is 1. The molecule has 4 N–H and O–H groups in total. The smallest absolute Gasteiger partial charge is 0.332 e. The second kappa shape index (κ2) is 13.3. The number of rotatable bonds is 8. The maximum absolute atomic E-state index is 14.3. The average molecular weight is 676 g/mol. The molecule has 0 aliphatic carbocycles. The van der Waals surface area contributed by atoms with E-state index < -0.39 is 12.2 Å². The highest BCUT2D eigenvalue weighted by Gasteiger charge is 2.52. The first-order chi connectivity index (χ1) is 22.5. The summed E-state index contributed by atoms with van der Waals surface area (Å²) in [6.45, 7) is 4.41. The van der Waals surface area contributed by atoms with Gasteiger partial charge in [0.1, 0.15) is 18.0 Å². The van der Waals surface area contributed by atoms with Crippen molar-refractivity contribution in [1.29, 1.82) is 0 Å². The van der Waals surface area contributed by atoms with Crippen LogP contribution in [0.2, 0.25) is 10.0 Å². The second-order valence-electron chi connectivity index (χ2n) is 12.2. The minimum absolute atomic E-state index is 0.0536. The Labute approximate surface area is 283 Å². The van der Waals surface area contributed by atoms with Crippen molar-refractivity contribution in [2.45, 2.75) is 51.6 Å². The summed E-state index contributed by atoms with van der Waals surface area (Å²) in [7, 11) is 0. The first-order valence-corrected chi connectivity index (χ1v) is 16.2. The fourth-order valence-corrected chi connectivity index (χ4v) is 6.83. The highest BCUT2D eigenvalue weighted by Crippen LogP contribution is 2.33. The van der Waals surface area contributed by atoms with Gasteiger partial charge in [0.05, 0.1) is 28.8 Å². The number of carbonyl (C=O) groups excluding carboxylic acids is 3. The molecule has 0 aromatic heterocycles. The standard InChI is InChI=1S/C35H36Cl2N6O4/c1-21(2)43(35(47)39-17-23-10-12-27(36)28(37)14-23)41-20-33(45)42-30(16-22-11-13-31(44)29(38)15-22)34(46)40(19-32(41)42)18-25-8-5-7-24-6-3-4-9-26(24)25/h3-15,21,30,32,44H,16-20,38H2,1-2H3,(H,39,47)/t30-,32+/m0/s1. The van der Waals surface area contributed by atoms with Crippen molar-refractivity contribution in [3.8, 4) is 5.75 Å². The Balaban J connectivity index is 1.32. The number of aromatic hydroxyl groups is 1. The van der Waals surface area contributed by atoms with Gasteiger partial charge in [-0.05, 0) is 65.6 Å². The van der Waals surface area contributed by atoms with Crippen molar-refractivity contribution in [3.05, 3.63) is 106 Å². The number of carbonyl (C=O) groups is 3. The van der Waals surface area contributed by atoms with Crippen molar-refractivity contribution in [2.24, 2.45) is 0 Å². The number of phenols is 1. The third kappa shape index (κ3) is 6.54. The van der Waals surface area contributed by atoms with Crippen LogP contribution in [0.3, 0.4) is 0 Å². The molecule has 10 nitrogen and oxygen atoms in total. The van der Waals surface area contributed by atoms with Gasteiger partial charge in [-0.1, -0.05) is 77.8 Å². The van der Waals surface area contributed by atoms with Gasteiger partial charge >= 0.3 is 6.03 Å². The zero-order valence-electron chi connectivity index (χ0n) is 26.1. The van der Waals surface area contributed by atoms with E-state index in [0.717, 1.165) is 21.9 Å². The van der Waals surface area contributed by atoms with Crippen LogP contribution in [-0.2, 0) is 29.1 Å². The Morgan fingerprint density at radius 2 is 1.74 bits per heavy atom. The molecule has 4 aromatic rings. The minimum atomic E-state index is -0.849. The molecule has 2 heterocycles. The lowest BCUT2D eigenvalue weighted by atomic mass is 9.98. The van der Waals surface area contributed by atoms with Crippen LogP contribution < -0.4 is 11.1 Å². The van der Waals surface area contributed by atoms with Crippen LogP contribution in [-0.4, -0.2) is 74.1 Å². The summed E-state index contributed by atoms with van der Waals surface area (Å²) in [5, 5.41) is 19.2.